The largest absolute Gasteiger partial charge is 0.390 e. The first-order valence-electron chi connectivity index (χ1n) is 7.46. The highest BCUT2D eigenvalue weighted by atomic mass is 32.2. The average Bonchev–Trinajstić information content (AvgIpc) is 2.66. The number of benzene rings is 2. The molecule has 0 radical (unpaired) electrons. The van der Waals surface area contributed by atoms with Crippen LogP contribution in [0.3, 0.4) is 0 Å². The van der Waals surface area contributed by atoms with E-state index in [-0.39, 0.29) is 17.9 Å². The Balaban J connectivity index is 2.12. The fraction of sp³-hybridized carbons (Fsp3) is 0.294. The van der Waals surface area contributed by atoms with Crippen LogP contribution in [0.2, 0.25) is 0 Å². The van der Waals surface area contributed by atoms with Crippen LogP contribution >= 0.6 is 0 Å². The van der Waals surface area contributed by atoms with Crippen LogP contribution in [0, 0.1) is 6.92 Å². The highest BCUT2D eigenvalue weighted by molar-refractivity contribution is 7.92. The number of sulfonamides is 1. The minimum atomic E-state index is -3.75. The van der Waals surface area contributed by atoms with Crippen molar-refractivity contribution in [3.05, 3.63) is 59.7 Å². The zero-order chi connectivity index (χ0) is 16.6. The molecule has 0 aromatic heterocycles. The molecule has 1 aliphatic rings. The molecule has 0 spiro atoms. The van der Waals surface area contributed by atoms with Crippen LogP contribution < -0.4 is 4.31 Å². The summed E-state index contributed by atoms with van der Waals surface area (Å²) in [5.41, 5.74) is 1.82. The highest BCUT2D eigenvalue weighted by Crippen LogP contribution is 2.36. The van der Waals surface area contributed by atoms with Gasteiger partial charge in [-0.15, -0.1) is 0 Å². The monoisotopic (exact) mass is 333 g/mol. The second kappa shape index (κ2) is 5.96. The Morgan fingerprint density at radius 1 is 1.04 bits per heavy atom. The number of rotatable bonds is 2. The highest BCUT2D eigenvalue weighted by Gasteiger charge is 2.33. The van der Waals surface area contributed by atoms with Crippen molar-refractivity contribution in [3.8, 4) is 0 Å². The van der Waals surface area contributed by atoms with E-state index in [0.29, 0.717) is 11.3 Å². The van der Waals surface area contributed by atoms with Crippen LogP contribution in [0.1, 0.15) is 23.7 Å². The predicted molar refractivity (Wildman–Crippen MR) is 87.7 cm³/mol. The van der Waals surface area contributed by atoms with E-state index >= 15 is 0 Å². The molecule has 5 nitrogen and oxygen atoms in total. The molecule has 3 rings (SSSR count). The first-order chi connectivity index (χ1) is 10.9. The molecular weight excluding hydrogens is 314 g/mol. The van der Waals surface area contributed by atoms with Gasteiger partial charge in [-0.2, -0.15) is 0 Å². The molecule has 1 heterocycles. The van der Waals surface area contributed by atoms with Crippen molar-refractivity contribution in [2.45, 2.75) is 30.4 Å². The maximum absolute atomic E-state index is 13.0. The lowest BCUT2D eigenvalue weighted by Gasteiger charge is -2.24. The lowest BCUT2D eigenvalue weighted by Crippen LogP contribution is -2.32. The number of aliphatic hydroxyl groups excluding tert-OH is 2. The summed E-state index contributed by atoms with van der Waals surface area (Å²) in [6.07, 6.45) is -1.92. The van der Waals surface area contributed by atoms with E-state index in [1.54, 1.807) is 48.5 Å². The third-order valence-corrected chi connectivity index (χ3v) is 5.95. The van der Waals surface area contributed by atoms with Crippen LogP contribution in [0.15, 0.2) is 53.4 Å². The Labute approximate surface area is 135 Å². The predicted octanol–water partition coefficient (Wildman–Crippen LogP) is 1.99. The maximum atomic E-state index is 13.0. The van der Waals surface area contributed by atoms with Gasteiger partial charge in [0.25, 0.3) is 10.0 Å². The van der Waals surface area contributed by atoms with Crippen LogP contribution in [-0.4, -0.2) is 31.3 Å². The first kappa shape index (κ1) is 16.0. The standard InChI is InChI=1S/C17H19NO4S/c1-12-6-8-13(9-7-12)23(21,22)18-11-10-16(19)17(20)14-4-2-3-5-15(14)18/h2-9,16-17,19-20H,10-11H2,1H3/t16-,17+/m0/s1. The van der Waals surface area contributed by atoms with Crippen LogP contribution in [0.5, 0.6) is 0 Å². The third kappa shape index (κ3) is 2.85. The lowest BCUT2D eigenvalue weighted by atomic mass is 10.0. The molecule has 2 N–H and O–H groups in total. The fourth-order valence-electron chi connectivity index (χ4n) is 2.79. The molecule has 122 valence electrons. The molecule has 0 bridgehead atoms. The molecule has 0 saturated carbocycles. The first-order valence-corrected chi connectivity index (χ1v) is 8.90. The minimum Gasteiger partial charge on any atom is -0.390 e. The van der Waals surface area contributed by atoms with Gasteiger partial charge in [0.05, 0.1) is 16.7 Å². The van der Waals surface area contributed by atoms with Gasteiger partial charge in [-0.05, 0) is 31.5 Å². The topological polar surface area (TPSA) is 77.8 Å². The van der Waals surface area contributed by atoms with Crippen molar-refractivity contribution in [3.63, 3.8) is 0 Å². The molecule has 6 heteroatoms. The minimum absolute atomic E-state index is 0.117. The van der Waals surface area contributed by atoms with Gasteiger partial charge in [0.1, 0.15) is 6.10 Å². The summed E-state index contributed by atoms with van der Waals surface area (Å²) in [7, 11) is -3.75. The van der Waals surface area contributed by atoms with E-state index in [1.807, 2.05) is 6.92 Å². The molecule has 0 unspecified atom stereocenters. The average molecular weight is 333 g/mol. The number of para-hydroxylation sites is 1. The maximum Gasteiger partial charge on any atom is 0.264 e. The van der Waals surface area contributed by atoms with E-state index in [0.717, 1.165) is 5.56 Å². The van der Waals surface area contributed by atoms with E-state index in [9.17, 15) is 18.6 Å². The number of hydrogen-bond acceptors (Lipinski definition) is 4. The normalized spacial score (nSPS) is 21.6. The van der Waals surface area contributed by atoms with Gasteiger partial charge in [0.15, 0.2) is 0 Å². The molecule has 2 atom stereocenters. The zero-order valence-electron chi connectivity index (χ0n) is 12.8. The number of aliphatic hydroxyl groups is 2. The zero-order valence-corrected chi connectivity index (χ0v) is 13.6. The Morgan fingerprint density at radius 3 is 2.39 bits per heavy atom. The summed E-state index contributed by atoms with van der Waals surface area (Å²) < 4.78 is 27.3. The summed E-state index contributed by atoms with van der Waals surface area (Å²) in [5.74, 6) is 0. The second-order valence-corrected chi connectivity index (χ2v) is 7.61. The van der Waals surface area contributed by atoms with Gasteiger partial charge in [-0.1, -0.05) is 35.9 Å². The Kier molecular flexibility index (Phi) is 4.14. The van der Waals surface area contributed by atoms with Crippen LogP contribution in [0.4, 0.5) is 5.69 Å². The summed E-state index contributed by atoms with van der Waals surface area (Å²) in [4.78, 5) is 0.198. The summed E-state index contributed by atoms with van der Waals surface area (Å²) >= 11 is 0. The molecule has 23 heavy (non-hydrogen) atoms. The number of fused-ring (bicyclic) bond motifs is 1. The quantitative estimate of drug-likeness (QED) is 0.881. The Bertz CT molecular complexity index is 802. The molecule has 2 aromatic carbocycles. The lowest BCUT2D eigenvalue weighted by molar-refractivity contribution is 0.0177. The molecule has 2 aromatic rings. The van der Waals surface area contributed by atoms with E-state index in [2.05, 4.69) is 0 Å². The van der Waals surface area contributed by atoms with Gasteiger partial charge in [0.2, 0.25) is 0 Å². The molecule has 0 fully saturated rings. The second-order valence-electron chi connectivity index (χ2n) is 5.75. The third-order valence-electron chi connectivity index (χ3n) is 4.13. The number of anilines is 1. The summed E-state index contributed by atoms with van der Waals surface area (Å²) in [5, 5.41) is 20.3. The van der Waals surface area contributed by atoms with Crippen molar-refractivity contribution in [2.75, 3.05) is 10.8 Å². The molecule has 1 aliphatic heterocycles. The van der Waals surface area contributed by atoms with E-state index < -0.39 is 22.2 Å². The number of aryl methyl sites for hydroxylation is 1. The van der Waals surface area contributed by atoms with Crippen molar-refractivity contribution < 1.29 is 18.6 Å². The molecule has 0 saturated heterocycles. The molecule has 0 aliphatic carbocycles. The van der Waals surface area contributed by atoms with Gasteiger partial charge < -0.3 is 10.2 Å². The summed E-state index contributed by atoms with van der Waals surface area (Å²) in [6.45, 7) is 2.01. The van der Waals surface area contributed by atoms with Crippen molar-refractivity contribution in [2.24, 2.45) is 0 Å². The van der Waals surface area contributed by atoms with Crippen LogP contribution in [-0.2, 0) is 10.0 Å². The van der Waals surface area contributed by atoms with Crippen molar-refractivity contribution in [1.82, 2.24) is 0 Å². The van der Waals surface area contributed by atoms with Crippen molar-refractivity contribution >= 4 is 15.7 Å². The number of nitrogens with zero attached hydrogens (tertiary/aromatic N) is 1. The van der Waals surface area contributed by atoms with Crippen molar-refractivity contribution in [1.29, 1.82) is 0 Å². The summed E-state index contributed by atoms with van der Waals surface area (Å²) in [6, 6.07) is 13.4. The van der Waals surface area contributed by atoms with Gasteiger partial charge >= 0.3 is 0 Å². The Hall–Kier alpha value is -1.89. The molecule has 0 amide bonds. The van der Waals surface area contributed by atoms with Gasteiger partial charge in [0, 0.05) is 12.1 Å². The fourth-order valence-corrected chi connectivity index (χ4v) is 4.29. The van der Waals surface area contributed by atoms with E-state index in [4.69, 9.17) is 0 Å². The SMILES string of the molecule is Cc1ccc(S(=O)(=O)N2CC[C@H](O)[C@H](O)c3ccccc32)cc1. The number of hydrogen-bond donors (Lipinski definition) is 2. The van der Waals surface area contributed by atoms with Crippen LogP contribution in [0.25, 0.3) is 0 Å². The van der Waals surface area contributed by atoms with Gasteiger partial charge in [-0.25, -0.2) is 8.42 Å². The van der Waals surface area contributed by atoms with Gasteiger partial charge in [-0.3, -0.25) is 4.31 Å². The van der Waals surface area contributed by atoms with E-state index in [1.165, 1.54) is 4.31 Å². The Morgan fingerprint density at radius 2 is 1.70 bits per heavy atom. The smallest absolute Gasteiger partial charge is 0.264 e. The molecular formula is C17H19NO4S.